The first-order valence-corrected chi connectivity index (χ1v) is 14.3. The Morgan fingerprint density at radius 3 is 2.91 bits per heavy atom. The highest BCUT2D eigenvalue weighted by Gasteiger charge is 2.40. The summed E-state index contributed by atoms with van der Waals surface area (Å²) in [6, 6.07) is 10.5. The van der Waals surface area contributed by atoms with Crippen LogP contribution in [0.15, 0.2) is 42.5 Å². The Hall–Kier alpha value is -1.32. The number of Topliss-reactive ketones (excluding diaryl/α,β-unsaturated/α-hetero) is 1. The second-order valence-electron chi connectivity index (χ2n) is 8.21. The number of benzene rings is 1. The molecule has 2 unspecified atom stereocenters. The Kier molecular flexibility index (Phi) is 10.8. The second-order valence-corrected chi connectivity index (χ2v) is 11.7. The predicted octanol–water partition coefficient (Wildman–Crippen LogP) is 4.35. The maximum absolute atomic E-state index is 12.5. The summed E-state index contributed by atoms with van der Waals surface area (Å²) in [7, 11) is 1.39. The lowest BCUT2D eigenvalue weighted by Gasteiger charge is -2.19. The third kappa shape index (κ3) is 7.86. The first-order chi connectivity index (χ1) is 16.0. The standard InChI is InChI=1S/C25H32O5S3/c1-30-24(29)16-31-11-4-12-32-25-21(18(15-26)14-22(25)28)10-8-19(27)7-9-20-13-17-5-2-3-6-23(17)33-20/h2-3,5-6,8,10,13,18-19,21,25-27H,4,7,9,11-12,14-16H2,1H3/t18-,19?,21-,25?/m0/s1. The van der Waals surface area contributed by atoms with E-state index in [0.717, 1.165) is 24.3 Å². The number of allylic oxidation sites excluding steroid dienone is 1. The third-order valence-corrected chi connectivity index (χ3v) is 9.46. The first kappa shape index (κ1) is 26.3. The van der Waals surface area contributed by atoms with E-state index in [1.165, 1.54) is 33.8 Å². The number of carbonyl (C=O) groups is 2. The number of aryl methyl sites for hydroxylation is 1. The molecule has 8 heteroatoms. The van der Waals surface area contributed by atoms with E-state index in [9.17, 15) is 19.8 Å². The number of ketones is 1. The van der Waals surface area contributed by atoms with Crippen molar-refractivity contribution in [3.05, 3.63) is 47.4 Å². The average Bonchev–Trinajstić information content (AvgIpc) is 3.38. The Bertz CT molecular complexity index is 908. The highest BCUT2D eigenvalue weighted by atomic mass is 32.2. The van der Waals surface area contributed by atoms with Crippen molar-refractivity contribution >= 4 is 56.7 Å². The molecule has 1 aliphatic rings. The van der Waals surface area contributed by atoms with Crippen LogP contribution in [0.1, 0.15) is 24.1 Å². The van der Waals surface area contributed by atoms with Crippen molar-refractivity contribution in [2.45, 2.75) is 37.0 Å². The lowest BCUT2D eigenvalue weighted by molar-refractivity contribution is -0.137. The van der Waals surface area contributed by atoms with Crippen LogP contribution < -0.4 is 0 Å². The SMILES string of the molecule is COC(=O)CSCCCSC1C(=O)C[C@@H](CO)[C@@H]1C=CC(O)CCc1cc2ccccc2s1. The summed E-state index contributed by atoms with van der Waals surface area (Å²) in [5.41, 5.74) is 0. The molecule has 1 fully saturated rings. The minimum absolute atomic E-state index is 0.0231. The normalized spacial score (nSPS) is 21.8. The van der Waals surface area contributed by atoms with Gasteiger partial charge in [0.2, 0.25) is 0 Å². The maximum atomic E-state index is 12.5. The number of hydrogen-bond acceptors (Lipinski definition) is 8. The minimum Gasteiger partial charge on any atom is -0.468 e. The molecule has 5 nitrogen and oxygen atoms in total. The van der Waals surface area contributed by atoms with E-state index in [-0.39, 0.29) is 35.4 Å². The van der Waals surface area contributed by atoms with Crippen molar-refractivity contribution in [1.29, 1.82) is 0 Å². The van der Waals surface area contributed by atoms with Gasteiger partial charge in [-0.15, -0.1) is 23.1 Å². The largest absolute Gasteiger partial charge is 0.468 e. The molecule has 0 amide bonds. The molecule has 1 aliphatic carbocycles. The molecular formula is C25H32O5S3. The van der Waals surface area contributed by atoms with Crippen LogP contribution >= 0.6 is 34.9 Å². The van der Waals surface area contributed by atoms with Gasteiger partial charge < -0.3 is 14.9 Å². The van der Waals surface area contributed by atoms with Gasteiger partial charge in [-0.25, -0.2) is 0 Å². The van der Waals surface area contributed by atoms with Gasteiger partial charge in [0, 0.05) is 28.5 Å². The van der Waals surface area contributed by atoms with Gasteiger partial charge in [-0.1, -0.05) is 30.4 Å². The fraction of sp³-hybridized carbons (Fsp3) is 0.520. The van der Waals surface area contributed by atoms with Crippen LogP contribution in [-0.2, 0) is 20.7 Å². The fourth-order valence-electron chi connectivity index (χ4n) is 4.01. The van der Waals surface area contributed by atoms with Gasteiger partial charge in [-0.3, -0.25) is 9.59 Å². The van der Waals surface area contributed by atoms with Gasteiger partial charge in [-0.05, 0) is 54.2 Å². The molecule has 1 saturated carbocycles. The molecule has 3 rings (SSSR count). The molecule has 0 radical (unpaired) electrons. The van der Waals surface area contributed by atoms with Crippen LogP contribution in [0.3, 0.4) is 0 Å². The van der Waals surface area contributed by atoms with Gasteiger partial charge in [0.1, 0.15) is 5.78 Å². The molecule has 1 heterocycles. The number of thioether (sulfide) groups is 2. The number of aliphatic hydroxyl groups excluding tert-OH is 2. The van der Waals surface area contributed by atoms with Gasteiger partial charge in [0.25, 0.3) is 0 Å². The minimum atomic E-state index is -0.578. The molecule has 1 aromatic heterocycles. The lowest BCUT2D eigenvalue weighted by atomic mass is 9.95. The van der Waals surface area contributed by atoms with E-state index in [1.807, 2.05) is 18.2 Å². The van der Waals surface area contributed by atoms with E-state index in [0.29, 0.717) is 18.6 Å². The van der Waals surface area contributed by atoms with E-state index in [1.54, 1.807) is 29.2 Å². The highest BCUT2D eigenvalue weighted by Crippen LogP contribution is 2.38. The van der Waals surface area contributed by atoms with Crippen LogP contribution in [0.25, 0.3) is 10.1 Å². The molecule has 0 spiro atoms. The van der Waals surface area contributed by atoms with E-state index in [2.05, 4.69) is 22.9 Å². The summed E-state index contributed by atoms with van der Waals surface area (Å²) < 4.78 is 5.89. The van der Waals surface area contributed by atoms with Crippen molar-refractivity contribution in [3.63, 3.8) is 0 Å². The molecule has 0 saturated heterocycles. The van der Waals surface area contributed by atoms with Crippen molar-refractivity contribution < 1.29 is 24.5 Å². The Labute approximate surface area is 208 Å². The van der Waals surface area contributed by atoms with Crippen LogP contribution in [0, 0.1) is 11.8 Å². The second kappa shape index (κ2) is 13.5. The quantitative estimate of drug-likeness (QED) is 0.236. The summed E-state index contributed by atoms with van der Waals surface area (Å²) in [6.07, 6.45) is 5.89. The topological polar surface area (TPSA) is 83.8 Å². The molecule has 0 bridgehead atoms. The highest BCUT2D eigenvalue weighted by molar-refractivity contribution is 8.01. The molecule has 2 aromatic rings. The molecule has 180 valence electrons. The number of aliphatic hydroxyl groups is 2. The molecule has 0 aliphatic heterocycles. The summed E-state index contributed by atoms with van der Waals surface area (Å²) in [5, 5.41) is 21.3. The van der Waals surface area contributed by atoms with E-state index < -0.39 is 6.10 Å². The number of rotatable bonds is 13. The number of esters is 1. The van der Waals surface area contributed by atoms with Gasteiger partial charge >= 0.3 is 5.97 Å². The van der Waals surface area contributed by atoms with E-state index in [4.69, 9.17) is 0 Å². The summed E-state index contributed by atoms with van der Waals surface area (Å²) in [5.74, 6) is 1.81. The average molecular weight is 509 g/mol. The van der Waals surface area contributed by atoms with Crippen molar-refractivity contribution in [3.8, 4) is 0 Å². The monoisotopic (exact) mass is 508 g/mol. The predicted molar refractivity (Wildman–Crippen MR) is 139 cm³/mol. The van der Waals surface area contributed by atoms with Crippen molar-refractivity contribution in [2.75, 3.05) is 31.0 Å². The van der Waals surface area contributed by atoms with Crippen molar-refractivity contribution in [1.82, 2.24) is 0 Å². The van der Waals surface area contributed by atoms with Gasteiger partial charge in [-0.2, -0.15) is 11.8 Å². The number of carbonyl (C=O) groups excluding carboxylic acids is 2. The Morgan fingerprint density at radius 2 is 2.15 bits per heavy atom. The third-order valence-electron chi connectivity index (χ3n) is 5.81. The zero-order valence-corrected chi connectivity index (χ0v) is 21.3. The number of hydrogen-bond donors (Lipinski definition) is 2. The summed E-state index contributed by atoms with van der Waals surface area (Å²) in [4.78, 5) is 25.0. The van der Waals surface area contributed by atoms with Crippen LogP contribution in [0.4, 0.5) is 0 Å². The Balaban J connectivity index is 1.47. The molecular weight excluding hydrogens is 476 g/mol. The Morgan fingerprint density at radius 1 is 1.33 bits per heavy atom. The lowest BCUT2D eigenvalue weighted by Crippen LogP contribution is -2.21. The summed E-state index contributed by atoms with van der Waals surface area (Å²) in [6.45, 7) is -0.0231. The van der Waals surface area contributed by atoms with Gasteiger partial charge in [0.05, 0.1) is 24.2 Å². The molecule has 4 atom stereocenters. The number of fused-ring (bicyclic) bond motifs is 1. The van der Waals surface area contributed by atoms with Gasteiger partial charge in [0.15, 0.2) is 0 Å². The zero-order chi connectivity index (χ0) is 23.6. The molecule has 33 heavy (non-hydrogen) atoms. The van der Waals surface area contributed by atoms with E-state index >= 15 is 0 Å². The first-order valence-electron chi connectivity index (χ1n) is 11.3. The number of thiophene rings is 1. The molecule has 2 N–H and O–H groups in total. The number of ether oxygens (including phenoxy) is 1. The number of methoxy groups -OCH3 is 1. The van der Waals surface area contributed by atoms with Crippen molar-refractivity contribution in [2.24, 2.45) is 11.8 Å². The van der Waals surface area contributed by atoms with Crippen LogP contribution in [0.2, 0.25) is 0 Å². The fourth-order valence-corrected chi connectivity index (χ4v) is 7.43. The summed E-state index contributed by atoms with van der Waals surface area (Å²) >= 11 is 4.92. The maximum Gasteiger partial charge on any atom is 0.315 e. The van der Waals surface area contributed by atoms with Crippen LogP contribution in [-0.4, -0.2) is 64.3 Å². The zero-order valence-electron chi connectivity index (χ0n) is 18.9. The smallest absolute Gasteiger partial charge is 0.315 e. The van der Waals surface area contributed by atoms with Crippen LogP contribution in [0.5, 0.6) is 0 Å². The molecule has 1 aromatic carbocycles.